The number of hydrogen-bond acceptors (Lipinski definition) is 5. The van der Waals surface area contributed by atoms with Crippen molar-refractivity contribution < 1.29 is 13.2 Å². The molecule has 0 aliphatic heterocycles. The van der Waals surface area contributed by atoms with E-state index in [0.29, 0.717) is 5.56 Å². The van der Waals surface area contributed by atoms with E-state index in [0.717, 1.165) is 17.5 Å². The molecule has 4 N–H and O–H groups in total. The fourth-order valence-corrected chi connectivity index (χ4v) is 2.76. The summed E-state index contributed by atoms with van der Waals surface area (Å²) in [7, 11) is -3.11. The second-order valence-corrected chi connectivity index (χ2v) is 6.83. The number of carbonyl (C=O) groups is 1. The first-order valence-electron chi connectivity index (χ1n) is 5.79. The standard InChI is InChI=1S/C12H19N3O3S/c1-8-6-10(4-5-11(8)15-13)12(16)14-9(2)7-19(3,17)18/h4-6,9,15H,7,13H2,1-3H3,(H,14,16). The van der Waals surface area contributed by atoms with Crippen LogP contribution in [0.1, 0.15) is 22.8 Å². The maximum atomic E-state index is 11.9. The van der Waals surface area contributed by atoms with Crippen LogP contribution in [0, 0.1) is 6.92 Å². The molecule has 1 aromatic carbocycles. The minimum atomic E-state index is -3.11. The van der Waals surface area contributed by atoms with Gasteiger partial charge in [0.05, 0.1) is 11.4 Å². The van der Waals surface area contributed by atoms with Crippen molar-refractivity contribution in [1.29, 1.82) is 0 Å². The van der Waals surface area contributed by atoms with Crippen LogP contribution < -0.4 is 16.6 Å². The summed E-state index contributed by atoms with van der Waals surface area (Å²) in [4.78, 5) is 11.9. The van der Waals surface area contributed by atoms with Gasteiger partial charge in [0.25, 0.3) is 5.91 Å². The summed E-state index contributed by atoms with van der Waals surface area (Å²) in [5.41, 5.74) is 4.57. The number of anilines is 1. The lowest BCUT2D eigenvalue weighted by molar-refractivity contribution is 0.0943. The van der Waals surface area contributed by atoms with Crippen LogP contribution in [0.2, 0.25) is 0 Å². The van der Waals surface area contributed by atoms with E-state index in [1.807, 2.05) is 6.92 Å². The Hall–Kier alpha value is -1.60. The van der Waals surface area contributed by atoms with Gasteiger partial charge in [-0.05, 0) is 37.6 Å². The van der Waals surface area contributed by atoms with Crippen LogP contribution in [-0.4, -0.2) is 32.4 Å². The van der Waals surface area contributed by atoms with Gasteiger partial charge >= 0.3 is 0 Å². The van der Waals surface area contributed by atoms with Crippen molar-refractivity contribution in [2.24, 2.45) is 5.84 Å². The number of nitrogens with one attached hydrogen (secondary N) is 2. The highest BCUT2D eigenvalue weighted by Crippen LogP contribution is 2.15. The van der Waals surface area contributed by atoms with Crippen molar-refractivity contribution in [3.63, 3.8) is 0 Å². The zero-order valence-electron chi connectivity index (χ0n) is 11.2. The maximum absolute atomic E-state index is 11.9. The number of carbonyl (C=O) groups excluding carboxylic acids is 1. The van der Waals surface area contributed by atoms with Crippen LogP contribution in [0.15, 0.2) is 18.2 Å². The van der Waals surface area contributed by atoms with Gasteiger partial charge in [0.15, 0.2) is 0 Å². The molecule has 0 aliphatic rings. The third kappa shape index (κ3) is 4.88. The first kappa shape index (κ1) is 15.5. The molecule has 0 bridgehead atoms. The van der Waals surface area contributed by atoms with Crippen molar-refractivity contribution in [3.8, 4) is 0 Å². The third-order valence-corrected chi connectivity index (χ3v) is 3.68. The summed E-state index contributed by atoms with van der Waals surface area (Å²) in [6.45, 7) is 3.48. The molecule has 19 heavy (non-hydrogen) atoms. The molecule has 0 saturated heterocycles. The number of aryl methyl sites for hydroxylation is 1. The number of rotatable bonds is 5. The molecular weight excluding hydrogens is 266 g/mol. The molecule has 1 amide bonds. The largest absolute Gasteiger partial charge is 0.349 e. The Bertz CT molecular complexity index is 570. The Balaban J connectivity index is 2.76. The van der Waals surface area contributed by atoms with E-state index in [1.54, 1.807) is 25.1 Å². The smallest absolute Gasteiger partial charge is 0.251 e. The Morgan fingerprint density at radius 3 is 2.53 bits per heavy atom. The van der Waals surface area contributed by atoms with Gasteiger partial charge in [-0.25, -0.2) is 8.42 Å². The second-order valence-electron chi connectivity index (χ2n) is 4.64. The van der Waals surface area contributed by atoms with Crippen molar-refractivity contribution in [2.75, 3.05) is 17.4 Å². The summed E-state index contributed by atoms with van der Waals surface area (Å²) < 4.78 is 22.2. The van der Waals surface area contributed by atoms with E-state index in [4.69, 9.17) is 5.84 Å². The number of benzene rings is 1. The lowest BCUT2D eigenvalue weighted by atomic mass is 10.1. The van der Waals surface area contributed by atoms with Gasteiger partial charge in [-0.15, -0.1) is 0 Å². The van der Waals surface area contributed by atoms with Gasteiger partial charge in [-0.2, -0.15) is 0 Å². The summed E-state index contributed by atoms with van der Waals surface area (Å²) in [6.07, 6.45) is 1.14. The van der Waals surface area contributed by atoms with Crippen LogP contribution in [0.5, 0.6) is 0 Å². The highest BCUT2D eigenvalue weighted by molar-refractivity contribution is 7.90. The van der Waals surface area contributed by atoms with E-state index in [2.05, 4.69) is 10.7 Å². The van der Waals surface area contributed by atoms with Crippen LogP contribution in [-0.2, 0) is 9.84 Å². The first-order valence-corrected chi connectivity index (χ1v) is 7.85. The number of nitrogen functional groups attached to an aromatic ring is 1. The predicted molar refractivity (Wildman–Crippen MR) is 75.6 cm³/mol. The average molecular weight is 285 g/mol. The topological polar surface area (TPSA) is 101 Å². The Morgan fingerprint density at radius 2 is 2.05 bits per heavy atom. The number of sulfone groups is 1. The van der Waals surface area contributed by atoms with E-state index in [9.17, 15) is 13.2 Å². The molecule has 1 rings (SSSR count). The molecule has 1 atom stereocenters. The van der Waals surface area contributed by atoms with Gasteiger partial charge in [-0.3, -0.25) is 10.6 Å². The van der Waals surface area contributed by atoms with Crippen LogP contribution >= 0.6 is 0 Å². The average Bonchev–Trinajstić information content (AvgIpc) is 2.26. The molecule has 0 radical (unpaired) electrons. The fraction of sp³-hybridized carbons (Fsp3) is 0.417. The molecule has 0 spiro atoms. The Labute approximate surface area is 113 Å². The van der Waals surface area contributed by atoms with E-state index in [-0.39, 0.29) is 11.7 Å². The van der Waals surface area contributed by atoms with E-state index < -0.39 is 15.9 Å². The van der Waals surface area contributed by atoms with Crippen molar-refractivity contribution in [2.45, 2.75) is 19.9 Å². The minimum absolute atomic E-state index is 0.0832. The van der Waals surface area contributed by atoms with Crippen molar-refractivity contribution >= 4 is 21.4 Å². The molecule has 1 aromatic rings. The molecule has 0 fully saturated rings. The summed E-state index contributed by atoms with van der Waals surface area (Å²) in [5.74, 6) is 4.92. The zero-order chi connectivity index (χ0) is 14.6. The van der Waals surface area contributed by atoms with Crippen LogP contribution in [0.3, 0.4) is 0 Å². The van der Waals surface area contributed by atoms with Gasteiger partial charge in [-0.1, -0.05) is 0 Å². The highest BCUT2D eigenvalue weighted by Gasteiger charge is 2.14. The molecule has 0 saturated carbocycles. The van der Waals surface area contributed by atoms with Gasteiger partial charge in [0.1, 0.15) is 9.84 Å². The van der Waals surface area contributed by atoms with Crippen molar-refractivity contribution in [1.82, 2.24) is 5.32 Å². The van der Waals surface area contributed by atoms with Crippen LogP contribution in [0.25, 0.3) is 0 Å². The lowest BCUT2D eigenvalue weighted by Gasteiger charge is -2.13. The molecule has 6 nitrogen and oxygen atoms in total. The summed E-state index contributed by atoms with van der Waals surface area (Å²) in [6, 6.07) is 4.59. The zero-order valence-corrected chi connectivity index (χ0v) is 12.0. The highest BCUT2D eigenvalue weighted by atomic mass is 32.2. The Morgan fingerprint density at radius 1 is 1.42 bits per heavy atom. The molecular formula is C12H19N3O3S. The lowest BCUT2D eigenvalue weighted by Crippen LogP contribution is -2.37. The molecule has 0 heterocycles. The SMILES string of the molecule is Cc1cc(C(=O)NC(C)CS(C)(=O)=O)ccc1NN. The third-order valence-electron chi connectivity index (χ3n) is 2.57. The monoisotopic (exact) mass is 285 g/mol. The number of hydrogen-bond donors (Lipinski definition) is 3. The minimum Gasteiger partial charge on any atom is -0.349 e. The van der Waals surface area contributed by atoms with Gasteiger partial charge in [0, 0.05) is 17.9 Å². The maximum Gasteiger partial charge on any atom is 0.251 e. The molecule has 106 valence electrons. The normalized spacial score (nSPS) is 12.8. The second kappa shape index (κ2) is 6.03. The van der Waals surface area contributed by atoms with E-state index >= 15 is 0 Å². The predicted octanol–water partition coefficient (Wildman–Crippen LogP) is 0.444. The van der Waals surface area contributed by atoms with Gasteiger partial charge in [0.2, 0.25) is 0 Å². The van der Waals surface area contributed by atoms with Crippen LogP contribution in [0.4, 0.5) is 5.69 Å². The number of hydrazine groups is 1. The fourth-order valence-electron chi connectivity index (χ4n) is 1.77. The number of nitrogens with two attached hydrogens (primary N) is 1. The van der Waals surface area contributed by atoms with Crippen molar-refractivity contribution in [3.05, 3.63) is 29.3 Å². The summed E-state index contributed by atoms with van der Waals surface area (Å²) >= 11 is 0. The van der Waals surface area contributed by atoms with E-state index in [1.165, 1.54) is 0 Å². The Kier molecular flexibility index (Phi) is 4.90. The molecule has 0 aromatic heterocycles. The number of amides is 1. The molecule has 7 heteroatoms. The summed E-state index contributed by atoms with van der Waals surface area (Å²) in [5, 5.41) is 2.65. The van der Waals surface area contributed by atoms with Gasteiger partial charge < -0.3 is 10.7 Å². The first-order chi connectivity index (χ1) is 8.73. The quantitative estimate of drug-likeness (QED) is 0.538. The molecule has 1 unspecified atom stereocenters. The molecule has 0 aliphatic carbocycles.